The second-order valence-electron chi connectivity index (χ2n) is 2.48. The van der Waals surface area contributed by atoms with E-state index in [0.29, 0.717) is 0 Å². The van der Waals surface area contributed by atoms with Crippen LogP contribution in [0.5, 0.6) is 0 Å². The molecule has 3 nitrogen and oxygen atoms in total. The molecule has 0 fully saturated rings. The number of aliphatic hydroxyl groups is 1. The van der Waals surface area contributed by atoms with Gasteiger partial charge in [0.15, 0.2) is 0 Å². The fourth-order valence-corrected chi connectivity index (χ4v) is 0.321. The quantitative estimate of drug-likeness (QED) is 0.550. The Morgan fingerprint density at radius 1 is 1.89 bits per heavy atom. The van der Waals surface area contributed by atoms with E-state index >= 15 is 0 Å². The standard InChI is InChI=1S/C6H12N2O/c1-5(8)6(2,9)3-4-7/h5,9H,3,8H2,1-2H3. The molecule has 0 amide bonds. The largest absolute Gasteiger partial charge is 0.387 e. The Labute approximate surface area is 55.1 Å². The summed E-state index contributed by atoms with van der Waals surface area (Å²) in [6, 6.07) is 1.51. The average molecular weight is 128 g/mol. The van der Waals surface area contributed by atoms with Crippen LogP contribution in [0.1, 0.15) is 20.3 Å². The summed E-state index contributed by atoms with van der Waals surface area (Å²) < 4.78 is 0. The molecule has 0 heterocycles. The van der Waals surface area contributed by atoms with Gasteiger partial charge in [-0.1, -0.05) is 0 Å². The van der Waals surface area contributed by atoms with Gasteiger partial charge in [-0.15, -0.1) is 0 Å². The van der Waals surface area contributed by atoms with E-state index in [1.54, 1.807) is 13.8 Å². The van der Waals surface area contributed by atoms with E-state index in [1.165, 1.54) is 0 Å². The molecule has 0 aromatic rings. The molecule has 9 heavy (non-hydrogen) atoms. The van der Waals surface area contributed by atoms with Crippen molar-refractivity contribution in [2.24, 2.45) is 5.73 Å². The molecule has 52 valence electrons. The average Bonchev–Trinajstić information content (AvgIpc) is 1.65. The second-order valence-corrected chi connectivity index (χ2v) is 2.48. The summed E-state index contributed by atoms with van der Waals surface area (Å²) in [6.07, 6.45) is 0.0880. The first-order chi connectivity index (χ1) is 4.00. The van der Waals surface area contributed by atoms with Gasteiger partial charge in [-0.25, -0.2) is 0 Å². The molecule has 0 saturated heterocycles. The lowest BCUT2D eigenvalue weighted by Crippen LogP contribution is -2.42. The van der Waals surface area contributed by atoms with E-state index in [9.17, 15) is 5.11 Å². The Bertz CT molecular complexity index is 124. The molecule has 0 bridgehead atoms. The topological polar surface area (TPSA) is 70.0 Å². The fourth-order valence-electron chi connectivity index (χ4n) is 0.321. The first kappa shape index (κ1) is 8.41. The summed E-state index contributed by atoms with van der Waals surface area (Å²) in [4.78, 5) is 0. The van der Waals surface area contributed by atoms with Gasteiger partial charge < -0.3 is 10.8 Å². The minimum atomic E-state index is -1.03. The lowest BCUT2D eigenvalue weighted by atomic mass is 9.96. The molecule has 0 aliphatic rings. The van der Waals surface area contributed by atoms with Crippen LogP contribution in [0.3, 0.4) is 0 Å². The maximum atomic E-state index is 9.24. The van der Waals surface area contributed by atoms with Crippen molar-refractivity contribution >= 4 is 0 Å². The molecule has 2 atom stereocenters. The molecule has 3 heteroatoms. The maximum Gasteiger partial charge on any atom is 0.0896 e. The zero-order chi connectivity index (χ0) is 7.49. The first-order valence-electron chi connectivity index (χ1n) is 2.85. The van der Waals surface area contributed by atoms with Crippen LogP contribution >= 0.6 is 0 Å². The molecule has 0 saturated carbocycles. The molecule has 3 N–H and O–H groups in total. The van der Waals surface area contributed by atoms with Gasteiger partial charge in [0.05, 0.1) is 18.1 Å². The van der Waals surface area contributed by atoms with Crippen LogP contribution in [-0.4, -0.2) is 16.7 Å². The minimum Gasteiger partial charge on any atom is -0.387 e. The van der Waals surface area contributed by atoms with Crippen molar-refractivity contribution < 1.29 is 5.11 Å². The molecule has 2 unspecified atom stereocenters. The number of rotatable bonds is 2. The summed E-state index contributed by atoms with van der Waals surface area (Å²) in [6.45, 7) is 3.23. The molecule has 0 spiro atoms. The van der Waals surface area contributed by atoms with Crippen molar-refractivity contribution in [2.45, 2.75) is 31.9 Å². The lowest BCUT2D eigenvalue weighted by molar-refractivity contribution is 0.0433. The van der Waals surface area contributed by atoms with E-state index < -0.39 is 5.60 Å². The van der Waals surface area contributed by atoms with Crippen LogP contribution < -0.4 is 5.73 Å². The highest BCUT2D eigenvalue weighted by atomic mass is 16.3. The Morgan fingerprint density at radius 2 is 2.33 bits per heavy atom. The molecule has 0 radical (unpaired) electrons. The van der Waals surface area contributed by atoms with Crippen LogP contribution in [0.2, 0.25) is 0 Å². The van der Waals surface area contributed by atoms with Gasteiger partial charge in [0.2, 0.25) is 0 Å². The molecule has 0 aromatic carbocycles. The maximum absolute atomic E-state index is 9.24. The van der Waals surface area contributed by atoms with Crippen LogP contribution in [-0.2, 0) is 0 Å². The van der Waals surface area contributed by atoms with Crippen LogP contribution in [0.25, 0.3) is 0 Å². The number of hydrogen-bond donors (Lipinski definition) is 2. The summed E-state index contributed by atoms with van der Waals surface area (Å²) in [5.41, 5.74) is 4.32. The summed E-state index contributed by atoms with van der Waals surface area (Å²) in [5.74, 6) is 0. The van der Waals surface area contributed by atoms with Crippen molar-refractivity contribution in [3.63, 3.8) is 0 Å². The van der Waals surface area contributed by atoms with E-state index in [2.05, 4.69) is 0 Å². The third-order valence-corrected chi connectivity index (χ3v) is 1.42. The SMILES string of the molecule is CC(N)C(C)(O)CC#N. The number of nitrogens with zero attached hydrogens (tertiary/aromatic N) is 1. The van der Waals surface area contributed by atoms with E-state index in [0.717, 1.165) is 0 Å². The highest BCUT2D eigenvalue weighted by molar-refractivity contribution is 4.90. The third-order valence-electron chi connectivity index (χ3n) is 1.42. The lowest BCUT2D eigenvalue weighted by Gasteiger charge is -2.23. The Kier molecular flexibility index (Phi) is 2.63. The van der Waals surface area contributed by atoms with Crippen molar-refractivity contribution in [2.75, 3.05) is 0 Å². The third kappa shape index (κ3) is 2.45. The minimum absolute atomic E-state index is 0.0880. The van der Waals surface area contributed by atoms with Gasteiger partial charge in [-0.2, -0.15) is 5.26 Å². The summed E-state index contributed by atoms with van der Waals surface area (Å²) in [7, 11) is 0. The summed E-state index contributed by atoms with van der Waals surface area (Å²) in [5, 5.41) is 17.4. The van der Waals surface area contributed by atoms with E-state index in [1.807, 2.05) is 6.07 Å². The molecule has 0 aromatic heterocycles. The van der Waals surface area contributed by atoms with Crippen LogP contribution in [0.15, 0.2) is 0 Å². The molecule has 0 aliphatic carbocycles. The van der Waals surface area contributed by atoms with Gasteiger partial charge in [0, 0.05) is 6.04 Å². The van der Waals surface area contributed by atoms with Gasteiger partial charge >= 0.3 is 0 Å². The van der Waals surface area contributed by atoms with Gasteiger partial charge in [0.1, 0.15) is 0 Å². The first-order valence-corrected chi connectivity index (χ1v) is 2.85. The fraction of sp³-hybridized carbons (Fsp3) is 0.833. The Balaban J connectivity index is 3.89. The zero-order valence-corrected chi connectivity index (χ0v) is 5.76. The Morgan fingerprint density at radius 3 is 2.44 bits per heavy atom. The van der Waals surface area contributed by atoms with Gasteiger partial charge in [-0.05, 0) is 13.8 Å². The smallest absolute Gasteiger partial charge is 0.0896 e. The van der Waals surface area contributed by atoms with E-state index in [4.69, 9.17) is 11.0 Å². The van der Waals surface area contributed by atoms with Crippen LogP contribution in [0, 0.1) is 11.3 Å². The summed E-state index contributed by atoms with van der Waals surface area (Å²) >= 11 is 0. The van der Waals surface area contributed by atoms with Crippen molar-refractivity contribution in [3.05, 3.63) is 0 Å². The Hall–Kier alpha value is -0.590. The van der Waals surface area contributed by atoms with E-state index in [-0.39, 0.29) is 12.5 Å². The monoisotopic (exact) mass is 128 g/mol. The van der Waals surface area contributed by atoms with Crippen molar-refractivity contribution in [1.82, 2.24) is 0 Å². The van der Waals surface area contributed by atoms with Gasteiger partial charge in [0.25, 0.3) is 0 Å². The van der Waals surface area contributed by atoms with Crippen LogP contribution in [0.4, 0.5) is 0 Å². The number of hydrogen-bond acceptors (Lipinski definition) is 3. The predicted molar refractivity (Wildman–Crippen MR) is 34.5 cm³/mol. The number of nitrogens with two attached hydrogens (primary N) is 1. The molecule has 0 rings (SSSR count). The van der Waals surface area contributed by atoms with Crippen molar-refractivity contribution in [3.8, 4) is 6.07 Å². The molecular formula is C6H12N2O. The highest BCUT2D eigenvalue weighted by Gasteiger charge is 2.24. The van der Waals surface area contributed by atoms with Gasteiger partial charge in [-0.3, -0.25) is 0 Å². The second kappa shape index (κ2) is 2.81. The number of nitriles is 1. The predicted octanol–water partition coefficient (Wildman–Crippen LogP) is -0.00172. The molecule has 0 aliphatic heterocycles. The van der Waals surface area contributed by atoms with Crippen molar-refractivity contribution in [1.29, 1.82) is 5.26 Å². The zero-order valence-electron chi connectivity index (χ0n) is 5.76. The normalized spacial score (nSPS) is 19.9. The molecular weight excluding hydrogens is 116 g/mol. The highest BCUT2D eigenvalue weighted by Crippen LogP contribution is 2.10.